The molecule has 0 aliphatic carbocycles. The number of carbonyl (C=O) groups is 2. The van der Waals surface area contributed by atoms with Crippen LogP contribution in [0.1, 0.15) is 179 Å². The molecule has 0 unspecified atom stereocenters. The summed E-state index contributed by atoms with van der Waals surface area (Å²) >= 11 is 2.25. The van der Waals surface area contributed by atoms with E-state index in [2.05, 4.69) is 28.7 Å². The first-order valence-electron chi connectivity index (χ1n) is 39.8. The quantitative estimate of drug-likeness (QED) is 0.0305. The third kappa shape index (κ3) is 24.4. The molecular weight excluding hydrogens is 1730 g/mol. The van der Waals surface area contributed by atoms with E-state index in [0.717, 1.165) is 123 Å². The van der Waals surface area contributed by atoms with Crippen LogP contribution in [-0.2, 0) is 87.2 Å². The lowest BCUT2D eigenvalue weighted by Gasteiger charge is -2.38. The molecule has 0 amide bonds. The van der Waals surface area contributed by atoms with Crippen molar-refractivity contribution in [1.82, 2.24) is 0 Å². The molecule has 7 aliphatic rings. The number of hydrogen-bond donors (Lipinski definition) is 1. The molecule has 33 heteroatoms. The van der Waals surface area contributed by atoms with E-state index in [0.29, 0.717) is 142 Å². The Hall–Kier alpha value is -6.57. The van der Waals surface area contributed by atoms with Crippen LogP contribution in [0.25, 0.3) is 0 Å². The fourth-order valence-electron chi connectivity index (χ4n) is 14.7. The first-order valence-corrected chi connectivity index (χ1v) is 48.7. The Bertz CT molecular complexity index is 4680. The summed E-state index contributed by atoms with van der Waals surface area (Å²) in [6, 6.07) is 24.6. The molecule has 0 aromatic heterocycles. The predicted molar refractivity (Wildman–Crippen MR) is 440 cm³/mol. The van der Waals surface area contributed by atoms with Crippen molar-refractivity contribution in [2.45, 2.75) is 221 Å². The number of alkyl halides is 9. The summed E-state index contributed by atoms with van der Waals surface area (Å²) in [4.78, 5) is 24.8. The zero-order valence-electron chi connectivity index (χ0n) is 67.3. The third-order valence-corrected chi connectivity index (χ3v) is 29.8. The van der Waals surface area contributed by atoms with Gasteiger partial charge in [-0.3, -0.25) is 22.5 Å². The Kier molecular flexibility index (Phi) is 33.3. The van der Waals surface area contributed by atoms with Gasteiger partial charge < -0.3 is 38.3 Å². The van der Waals surface area contributed by atoms with Crippen LogP contribution in [0.3, 0.4) is 0 Å². The van der Waals surface area contributed by atoms with Gasteiger partial charge >= 0.3 is 18.2 Å². The van der Waals surface area contributed by atoms with Gasteiger partial charge in [0.05, 0.1) is 80.4 Å². The van der Waals surface area contributed by atoms with Gasteiger partial charge in [-0.05, 0) is 289 Å². The van der Waals surface area contributed by atoms with Gasteiger partial charge in [-0.15, -0.1) is 0 Å². The van der Waals surface area contributed by atoms with E-state index in [1.165, 1.54) is 110 Å². The molecule has 1 N–H and O–H groups in total. The van der Waals surface area contributed by atoms with Crippen LogP contribution in [0.5, 0.6) is 17.2 Å². The van der Waals surface area contributed by atoms with E-state index < -0.39 is 80.1 Å². The van der Waals surface area contributed by atoms with Crippen LogP contribution in [0.2, 0.25) is 19.6 Å². The minimum Gasteiger partial charge on any atom is -0.493 e. The molecule has 0 radical (unpaired) electrons. The van der Waals surface area contributed by atoms with Crippen LogP contribution < -0.4 is 27.1 Å². The first kappa shape index (κ1) is 94.3. The highest BCUT2D eigenvalue weighted by atomic mass is 127. The zero-order valence-corrected chi connectivity index (χ0v) is 72.9. The van der Waals surface area contributed by atoms with E-state index in [1.54, 1.807) is 16.4 Å². The molecule has 7 aliphatic heterocycles. The molecular formula is C84H107F9IN3O16S3Si. The molecule has 4 fully saturated rings. The van der Waals surface area contributed by atoms with E-state index in [4.69, 9.17) is 33.2 Å². The normalized spacial score (nSPS) is 19.1. The minimum absolute atomic E-state index is 0.0360. The van der Waals surface area contributed by atoms with E-state index in [9.17, 15) is 79.5 Å². The summed E-state index contributed by atoms with van der Waals surface area (Å²) in [6.07, 6.45) is 3.73. The lowest BCUT2D eigenvalue weighted by Crippen LogP contribution is -2.43. The van der Waals surface area contributed by atoms with Gasteiger partial charge in [0, 0.05) is 80.1 Å². The van der Waals surface area contributed by atoms with Gasteiger partial charge in [0.2, 0.25) is 0 Å². The van der Waals surface area contributed by atoms with E-state index >= 15 is 0 Å². The van der Waals surface area contributed by atoms with Crippen molar-refractivity contribution >= 4 is 89.4 Å². The fourth-order valence-corrected chi connectivity index (χ4v) is 20.7. The molecule has 7 heterocycles. The lowest BCUT2D eigenvalue weighted by atomic mass is 9.95. The lowest BCUT2D eigenvalue weighted by molar-refractivity contribution is -0.138. The number of sulfonamides is 3. The monoisotopic (exact) mass is 1840 g/mol. The van der Waals surface area contributed by atoms with E-state index in [-0.39, 0.29) is 55.3 Å². The number of hydrogen-bond acceptors (Lipinski definition) is 16. The Balaban J connectivity index is 0.000000185. The summed E-state index contributed by atoms with van der Waals surface area (Å²) in [5.41, 5.74) is 2.17. The number of fused-ring (bicyclic) bond motifs is 3. The maximum atomic E-state index is 13.9. The number of ketones is 2. The number of aliphatic hydroxyl groups is 1. The van der Waals surface area contributed by atoms with Crippen LogP contribution >= 0.6 is 22.6 Å². The Morgan fingerprint density at radius 3 is 1.05 bits per heavy atom. The molecule has 3 atom stereocenters. The van der Waals surface area contributed by atoms with Gasteiger partial charge in [-0.1, -0.05) is 40.4 Å². The topological polar surface area (TPSA) is 231 Å². The van der Waals surface area contributed by atoms with Crippen molar-refractivity contribution in [1.29, 1.82) is 0 Å². The number of benzene rings is 6. The first-order chi connectivity index (χ1) is 55.2. The molecule has 6 aromatic rings. The van der Waals surface area contributed by atoms with Crippen LogP contribution in [-0.4, -0.2) is 147 Å². The highest BCUT2D eigenvalue weighted by Crippen LogP contribution is 2.45. The standard InChI is InChI=1S/C26H30F3NO5S.C25H30F3NO5S.C25H30INO5S.C4H9F3Si.C4H8O/c1-3-21-6-4-19-14-20(26(27,28)29)5-8-24(19)30(21)36(32,33)22-7-9-25(23(15-22)17(2)31)35-16-18-10-12-34-13-11-18;1-2-21-5-3-18-13-20(25(26,27)28)4-7-23(18)29(21)35(31,32)22-6-8-24(19(14-22)15-30)34-16-17-9-11-33-12-10-17;1-3-21-6-4-19-14-20(26)5-8-24(19)27(21)33(29,30)22-7-9-25(23(15-22)17(2)28)32-16-18-10-12-31-13-11-18;1-8(2,3)4(5,6)7;1-2-4-5-3-1/h5,7-9,14-15,18,21H,3-4,6,10-13,16H2,1-2H3;4,6-8,13-14,17,21,30H,2-3,5,9-12,15-16H2,1H3;5,7-9,14-15,18,21H,3-4,6,10-13,16H2,1-2H3;1-3H3;1-4H2/t3*21-;;/m111../s1. The number of Topliss-reactive ketones (excluding diaryl/α,β-unsaturated/α-hetero) is 2. The Labute approximate surface area is 696 Å². The average Bonchev–Trinajstić information content (AvgIpc) is 1.14. The second-order valence-corrected chi connectivity index (χ2v) is 42.9. The van der Waals surface area contributed by atoms with Crippen molar-refractivity contribution in [3.63, 3.8) is 0 Å². The number of aliphatic hydroxyl groups excluding tert-OH is 1. The molecule has 0 bridgehead atoms. The number of ether oxygens (including phenoxy) is 7. The van der Waals surface area contributed by atoms with Crippen molar-refractivity contribution < 1.29 is 113 Å². The molecule has 4 saturated heterocycles. The maximum absolute atomic E-state index is 13.9. The molecule has 13 rings (SSSR count). The fraction of sp³-hybridized carbons (Fsp3) is 0.548. The number of carbonyl (C=O) groups excluding carboxylic acids is 2. The Morgan fingerprint density at radius 1 is 0.444 bits per heavy atom. The van der Waals surface area contributed by atoms with E-state index in [1.807, 2.05) is 32.9 Å². The van der Waals surface area contributed by atoms with Crippen molar-refractivity contribution in [3.05, 3.63) is 157 Å². The molecule has 19 nitrogen and oxygen atoms in total. The smallest absolute Gasteiger partial charge is 0.416 e. The third-order valence-electron chi connectivity index (χ3n) is 21.9. The number of halogens is 10. The second kappa shape index (κ2) is 41.3. The number of nitrogens with zero attached hydrogens (tertiary/aromatic N) is 3. The van der Waals surface area contributed by atoms with Gasteiger partial charge in [-0.2, -0.15) is 39.5 Å². The number of aryl methyl sites for hydroxylation is 3. The minimum atomic E-state index is -4.52. The largest absolute Gasteiger partial charge is 0.493 e. The van der Waals surface area contributed by atoms with Crippen molar-refractivity contribution in [2.75, 3.05) is 85.6 Å². The van der Waals surface area contributed by atoms with Gasteiger partial charge in [0.1, 0.15) is 17.2 Å². The molecule has 0 saturated carbocycles. The van der Waals surface area contributed by atoms with Crippen molar-refractivity contribution in [2.24, 2.45) is 17.8 Å². The summed E-state index contributed by atoms with van der Waals surface area (Å²) in [5.74, 6) is -2.31. The summed E-state index contributed by atoms with van der Waals surface area (Å²) in [6.45, 7) is 19.4. The summed E-state index contributed by atoms with van der Waals surface area (Å²) < 4.78 is 241. The second-order valence-electron chi connectivity index (χ2n) is 31.2. The predicted octanol–water partition coefficient (Wildman–Crippen LogP) is 19.0. The number of anilines is 3. The molecule has 646 valence electrons. The van der Waals surface area contributed by atoms with Crippen LogP contribution in [0.4, 0.5) is 56.6 Å². The SMILES string of the molecule is C1CCOC1.CC[C@@H]1CCc2cc(C(F)(F)F)ccc2N1S(=O)(=O)c1ccc(OCC2CCOCC2)c(C(C)=O)c1.CC[C@@H]1CCc2cc(C(F)(F)F)ccc2N1S(=O)(=O)c1ccc(OCC2CCOCC2)c(CO)c1.CC[C@@H]1CCc2cc(I)ccc2N1S(=O)(=O)c1ccc(OCC2CCOCC2)c(C(C)=O)c1.C[Si](C)(C)C(F)(F)F. The molecule has 0 spiro atoms. The highest BCUT2D eigenvalue weighted by Gasteiger charge is 2.46. The van der Waals surface area contributed by atoms with Crippen LogP contribution in [0, 0.1) is 21.3 Å². The zero-order chi connectivity index (χ0) is 85.4. The Morgan fingerprint density at radius 2 is 0.752 bits per heavy atom. The van der Waals surface area contributed by atoms with Gasteiger partial charge in [0.25, 0.3) is 30.1 Å². The average molecular weight is 1840 g/mol. The summed E-state index contributed by atoms with van der Waals surface area (Å²) in [5, 5.41) is 9.90. The van der Waals surface area contributed by atoms with Gasteiger partial charge in [0.15, 0.2) is 19.6 Å². The maximum Gasteiger partial charge on any atom is 0.416 e. The van der Waals surface area contributed by atoms with Gasteiger partial charge in [-0.25, -0.2) is 25.3 Å². The summed E-state index contributed by atoms with van der Waals surface area (Å²) in [7, 11) is -15.0. The van der Waals surface area contributed by atoms with Crippen LogP contribution in [0.15, 0.2) is 124 Å². The number of rotatable bonds is 21. The molecule has 6 aromatic carbocycles. The highest BCUT2D eigenvalue weighted by molar-refractivity contribution is 14.1. The van der Waals surface area contributed by atoms with Crippen molar-refractivity contribution in [3.8, 4) is 17.2 Å². The molecule has 117 heavy (non-hydrogen) atoms.